The minimum absolute atomic E-state index is 0.0721. The van der Waals surface area contributed by atoms with E-state index in [1.807, 2.05) is 0 Å². The molecule has 3 rings (SSSR count). The number of carbonyl (C=O) groups is 2. The van der Waals surface area contributed by atoms with E-state index in [1.165, 1.54) is 11.0 Å². The van der Waals surface area contributed by atoms with Gasteiger partial charge in [-0.2, -0.15) is 0 Å². The highest BCUT2D eigenvalue weighted by Crippen LogP contribution is 2.32. The second-order valence-electron chi connectivity index (χ2n) is 5.80. The van der Waals surface area contributed by atoms with Crippen molar-refractivity contribution in [2.24, 2.45) is 0 Å². The van der Waals surface area contributed by atoms with Crippen LogP contribution in [0.1, 0.15) is 18.1 Å². The smallest absolute Gasteiger partial charge is 0.289 e. The number of ether oxygens (including phenoxy) is 1. The summed E-state index contributed by atoms with van der Waals surface area (Å²) in [6.07, 6.45) is 0.416. The minimum Gasteiger partial charge on any atom is -0.487 e. The van der Waals surface area contributed by atoms with Crippen LogP contribution < -0.4 is 4.74 Å². The SMILES string of the molecule is CCN1C(=O)S[C@H](Cc2ccc(OCc3ccccc3F)c(Cl)c2)C1=O. The van der Waals surface area contributed by atoms with Crippen molar-refractivity contribution in [3.63, 3.8) is 0 Å². The van der Waals surface area contributed by atoms with E-state index in [4.69, 9.17) is 16.3 Å². The van der Waals surface area contributed by atoms with Crippen molar-refractivity contribution >= 4 is 34.5 Å². The van der Waals surface area contributed by atoms with Gasteiger partial charge in [0.1, 0.15) is 18.2 Å². The second-order valence-corrected chi connectivity index (χ2v) is 7.37. The van der Waals surface area contributed by atoms with E-state index in [0.717, 1.165) is 17.3 Å². The van der Waals surface area contributed by atoms with E-state index in [2.05, 4.69) is 0 Å². The molecule has 1 aliphatic rings. The monoisotopic (exact) mass is 393 g/mol. The van der Waals surface area contributed by atoms with Gasteiger partial charge in [0, 0.05) is 12.1 Å². The fraction of sp³-hybridized carbons (Fsp3) is 0.263. The molecule has 0 bridgehead atoms. The number of benzene rings is 2. The number of hydrogen-bond acceptors (Lipinski definition) is 4. The lowest BCUT2D eigenvalue weighted by Crippen LogP contribution is -2.31. The third kappa shape index (κ3) is 4.02. The van der Waals surface area contributed by atoms with Gasteiger partial charge in [0.15, 0.2) is 0 Å². The van der Waals surface area contributed by atoms with Crippen LogP contribution in [0, 0.1) is 5.82 Å². The predicted molar refractivity (Wildman–Crippen MR) is 100 cm³/mol. The van der Waals surface area contributed by atoms with Crippen LogP contribution in [0.25, 0.3) is 0 Å². The highest BCUT2D eigenvalue weighted by Gasteiger charge is 2.38. The summed E-state index contributed by atoms with van der Waals surface area (Å²) in [5.74, 6) is -0.0593. The Hall–Kier alpha value is -2.05. The van der Waals surface area contributed by atoms with Gasteiger partial charge in [0.25, 0.3) is 5.24 Å². The number of halogens is 2. The van der Waals surface area contributed by atoms with Crippen molar-refractivity contribution in [3.05, 3.63) is 64.4 Å². The van der Waals surface area contributed by atoms with Gasteiger partial charge in [-0.15, -0.1) is 0 Å². The summed E-state index contributed by atoms with van der Waals surface area (Å²) in [5, 5.41) is -0.255. The minimum atomic E-state index is -0.427. The van der Waals surface area contributed by atoms with Crippen LogP contribution in [-0.2, 0) is 17.8 Å². The maximum atomic E-state index is 13.6. The largest absolute Gasteiger partial charge is 0.487 e. The molecule has 0 spiro atoms. The molecule has 2 amide bonds. The lowest BCUT2D eigenvalue weighted by Gasteiger charge is -2.12. The van der Waals surface area contributed by atoms with E-state index in [1.54, 1.807) is 43.3 Å². The maximum Gasteiger partial charge on any atom is 0.289 e. The lowest BCUT2D eigenvalue weighted by atomic mass is 10.1. The Morgan fingerprint density at radius 3 is 2.65 bits per heavy atom. The lowest BCUT2D eigenvalue weighted by molar-refractivity contribution is -0.126. The number of hydrogen-bond donors (Lipinski definition) is 0. The van der Waals surface area contributed by atoms with Crippen molar-refractivity contribution in [2.75, 3.05) is 6.54 Å². The first-order chi connectivity index (χ1) is 12.5. The van der Waals surface area contributed by atoms with Crippen LogP contribution in [-0.4, -0.2) is 27.8 Å². The molecule has 0 aromatic heterocycles. The van der Waals surface area contributed by atoms with Crippen LogP contribution in [0.3, 0.4) is 0 Å². The van der Waals surface area contributed by atoms with E-state index < -0.39 is 5.25 Å². The zero-order chi connectivity index (χ0) is 18.7. The number of thioether (sulfide) groups is 1. The molecular formula is C19H17ClFNO3S. The summed E-state index contributed by atoms with van der Waals surface area (Å²) in [6.45, 7) is 2.23. The molecule has 2 aromatic rings. The van der Waals surface area contributed by atoms with Crippen LogP contribution in [0.5, 0.6) is 5.75 Å². The molecule has 1 atom stereocenters. The predicted octanol–water partition coefficient (Wildman–Crippen LogP) is 4.68. The van der Waals surface area contributed by atoms with E-state index in [0.29, 0.717) is 29.3 Å². The molecule has 2 aromatic carbocycles. The first-order valence-corrected chi connectivity index (χ1v) is 9.42. The molecule has 0 radical (unpaired) electrons. The molecule has 1 heterocycles. The molecule has 0 saturated carbocycles. The Kier molecular flexibility index (Phi) is 5.84. The number of amides is 2. The third-order valence-corrected chi connectivity index (χ3v) is 5.45. The molecule has 0 N–H and O–H groups in total. The number of nitrogens with zero attached hydrogens (tertiary/aromatic N) is 1. The van der Waals surface area contributed by atoms with Crippen molar-refractivity contribution in [1.29, 1.82) is 0 Å². The Bertz CT molecular complexity index is 845. The van der Waals surface area contributed by atoms with Crippen molar-refractivity contribution in [3.8, 4) is 5.75 Å². The number of carbonyl (C=O) groups excluding carboxylic acids is 2. The van der Waals surface area contributed by atoms with Gasteiger partial charge >= 0.3 is 0 Å². The zero-order valence-corrected chi connectivity index (χ0v) is 15.6. The van der Waals surface area contributed by atoms with Crippen molar-refractivity contribution in [2.45, 2.75) is 25.2 Å². The Morgan fingerprint density at radius 2 is 2.00 bits per heavy atom. The zero-order valence-electron chi connectivity index (χ0n) is 14.1. The summed E-state index contributed by atoms with van der Waals surface area (Å²) >= 11 is 7.30. The standard InChI is InChI=1S/C19H17ClFNO3S/c1-2-22-18(23)17(26-19(22)24)10-12-7-8-16(14(20)9-12)25-11-13-5-3-4-6-15(13)21/h3-9,17H,2,10-11H2,1H3/t17-/m1/s1. The fourth-order valence-corrected chi connectivity index (χ4v) is 4.04. The van der Waals surface area contributed by atoms with E-state index in [9.17, 15) is 14.0 Å². The maximum absolute atomic E-state index is 13.6. The summed E-state index contributed by atoms with van der Waals surface area (Å²) in [5.41, 5.74) is 1.28. The molecule has 1 saturated heterocycles. The molecule has 7 heteroatoms. The van der Waals surface area contributed by atoms with Gasteiger partial charge in [-0.3, -0.25) is 14.5 Å². The average Bonchev–Trinajstić information content (AvgIpc) is 2.88. The van der Waals surface area contributed by atoms with E-state index in [-0.39, 0.29) is 23.6 Å². The molecule has 1 aliphatic heterocycles. The fourth-order valence-electron chi connectivity index (χ4n) is 2.69. The topological polar surface area (TPSA) is 46.6 Å². The number of rotatable bonds is 6. The molecule has 4 nitrogen and oxygen atoms in total. The van der Waals surface area contributed by atoms with Gasteiger partial charge < -0.3 is 4.74 Å². The molecular weight excluding hydrogens is 377 g/mol. The highest BCUT2D eigenvalue weighted by molar-refractivity contribution is 8.15. The van der Waals surface area contributed by atoms with Crippen LogP contribution >= 0.6 is 23.4 Å². The van der Waals surface area contributed by atoms with Crippen LogP contribution in [0.2, 0.25) is 5.02 Å². The summed E-state index contributed by atoms with van der Waals surface area (Å²) < 4.78 is 19.2. The second kappa shape index (κ2) is 8.10. The first-order valence-electron chi connectivity index (χ1n) is 8.16. The Labute approximate surface area is 160 Å². The van der Waals surface area contributed by atoms with Crippen LogP contribution in [0.4, 0.5) is 9.18 Å². The quantitative estimate of drug-likeness (QED) is 0.714. The molecule has 0 aliphatic carbocycles. The highest BCUT2D eigenvalue weighted by atomic mass is 35.5. The Balaban J connectivity index is 1.65. The Morgan fingerprint density at radius 1 is 1.23 bits per heavy atom. The van der Waals surface area contributed by atoms with Gasteiger partial charge in [-0.25, -0.2) is 4.39 Å². The summed E-state index contributed by atoms with van der Waals surface area (Å²) in [6, 6.07) is 11.6. The molecule has 1 fully saturated rings. The third-order valence-electron chi connectivity index (χ3n) is 4.08. The van der Waals surface area contributed by atoms with Gasteiger partial charge in [0.2, 0.25) is 5.91 Å². The molecule has 136 valence electrons. The van der Waals surface area contributed by atoms with E-state index >= 15 is 0 Å². The van der Waals surface area contributed by atoms with Crippen molar-refractivity contribution < 1.29 is 18.7 Å². The average molecular weight is 394 g/mol. The summed E-state index contributed by atoms with van der Waals surface area (Å²) in [7, 11) is 0. The summed E-state index contributed by atoms with van der Waals surface area (Å²) in [4.78, 5) is 25.2. The van der Waals surface area contributed by atoms with Crippen molar-refractivity contribution in [1.82, 2.24) is 4.90 Å². The van der Waals surface area contributed by atoms with Gasteiger partial charge in [-0.05, 0) is 37.1 Å². The number of imide groups is 1. The molecule has 26 heavy (non-hydrogen) atoms. The van der Waals surface area contributed by atoms with Crippen LogP contribution in [0.15, 0.2) is 42.5 Å². The first kappa shape index (κ1) is 18.7. The van der Waals surface area contributed by atoms with Gasteiger partial charge in [-0.1, -0.05) is 47.6 Å². The molecule has 0 unspecified atom stereocenters. The normalized spacial score (nSPS) is 17.0. The van der Waals surface area contributed by atoms with Gasteiger partial charge in [0.05, 0.1) is 10.3 Å².